The first kappa shape index (κ1) is 31.9. The van der Waals surface area contributed by atoms with Gasteiger partial charge in [0.25, 0.3) is 0 Å². The van der Waals surface area contributed by atoms with Crippen LogP contribution in [0.25, 0.3) is 100 Å². The molecule has 3 aromatic heterocycles. The van der Waals surface area contributed by atoms with Gasteiger partial charge in [-0.3, -0.25) is 0 Å². The summed E-state index contributed by atoms with van der Waals surface area (Å²) in [5, 5.41) is 6.25. The SMILES string of the molecule is c1ccc(-c2nc(-c3ccccc3)nc(-c3cccc(-c4cccc(-n5c6ccccc6c6c7ccc8c(ccn8-c8ccccc8)c7ccc65)c4)c3)n2)cc1. The van der Waals surface area contributed by atoms with Gasteiger partial charge in [-0.2, -0.15) is 0 Å². The Morgan fingerprint density at radius 1 is 0.304 bits per heavy atom. The van der Waals surface area contributed by atoms with E-state index in [2.05, 4.69) is 149 Å². The van der Waals surface area contributed by atoms with E-state index in [4.69, 9.17) is 15.0 Å². The van der Waals surface area contributed by atoms with Crippen molar-refractivity contribution < 1.29 is 0 Å². The normalized spacial score (nSPS) is 11.6. The highest BCUT2D eigenvalue weighted by Crippen LogP contribution is 2.40. The molecule has 0 aliphatic carbocycles. The molecule has 0 unspecified atom stereocenters. The zero-order chi connectivity index (χ0) is 37.0. The Hall–Kier alpha value is -7.63. The molecule has 5 nitrogen and oxygen atoms in total. The Balaban J connectivity index is 1.04. The topological polar surface area (TPSA) is 48.5 Å². The molecule has 0 aliphatic rings. The average molecular weight is 716 g/mol. The predicted molar refractivity (Wildman–Crippen MR) is 230 cm³/mol. The van der Waals surface area contributed by atoms with Crippen LogP contribution in [0.3, 0.4) is 0 Å². The summed E-state index contributed by atoms with van der Waals surface area (Å²) in [6, 6.07) is 68.2. The second kappa shape index (κ2) is 13.0. The van der Waals surface area contributed by atoms with Crippen LogP contribution in [-0.4, -0.2) is 24.1 Å². The van der Waals surface area contributed by atoms with Crippen molar-refractivity contribution in [3.63, 3.8) is 0 Å². The molecule has 0 amide bonds. The van der Waals surface area contributed by atoms with Gasteiger partial charge in [-0.1, -0.05) is 140 Å². The number of hydrogen-bond donors (Lipinski definition) is 0. The molecule has 0 saturated heterocycles. The molecule has 0 atom stereocenters. The van der Waals surface area contributed by atoms with Crippen LogP contribution in [0, 0.1) is 0 Å². The quantitative estimate of drug-likeness (QED) is 0.172. The summed E-state index contributed by atoms with van der Waals surface area (Å²) < 4.78 is 4.68. The second-order valence-electron chi connectivity index (χ2n) is 14.1. The van der Waals surface area contributed by atoms with E-state index in [-0.39, 0.29) is 0 Å². The van der Waals surface area contributed by atoms with Crippen molar-refractivity contribution in [2.45, 2.75) is 0 Å². The van der Waals surface area contributed by atoms with Crippen molar-refractivity contribution in [3.05, 3.63) is 200 Å². The van der Waals surface area contributed by atoms with Crippen molar-refractivity contribution >= 4 is 43.5 Å². The maximum absolute atomic E-state index is 4.99. The molecule has 0 bridgehead atoms. The summed E-state index contributed by atoms with van der Waals surface area (Å²) in [6.07, 6.45) is 2.18. The van der Waals surface area contributed by atoms with Crippen LogP contribution in [0.15, 0.2) is 200 Å². The Labute approximate surface area is 323 Å². The molecule has 0 fully saturated rings. The maximum Gasteiger partial charge on any atom is 0.164 e. The molecular formula is C51H33N5. The highest BCUT2D eigenvalue weighted by atomic mass is 15.0. The molecule has 8 aromatic carbocycles. The minimum atomic E-state index is 0.637. The van der Waals surface area contributed by atoms with E-state index in [1.165, 1.54) is 43.5 Å². The second-order valence-corrected chi connectivity index (χ2v) is 14.1. The van der Waals surface area contributed by atoms with Gasteiger partial charge in [0.2, 0.25) is 0 Å². The lowest BCUT2D eigenvalue weighted by Gasteiger charge is -2.12. The van der Waals surface area contributed by atoms with E-state index in [1.807, 2.05) is 60.7 Å². The van der Waals surface area contributed by atoms with Crippen LogP contribution in [0.4, 0.5) is 0 Å². The number of hydrogen-bond acceptors (Lipinski definition) is 3. The number of rotatable bonds is 6. The van der Waals surface area contributed by atoms with Crippen LogP contribution < -0.4 is 0 Å². The van der Waals surface area contributed by atoms with Gasteiger partial charge < -0.3 is 9.13 Å². The fourth-order valence-electron chi connectivity index (χ4n) is 8.19. The lowest BCUT2D eigenvalue weighted by molar-refractivity contribution is 1.07. The van der Waals surface area contributed by atoms with Crippen LogP contribution in [0.2, 0.25) is 0 Å². The molecule has 11 rings (SSSR count). The minimum absolute atomic E-state index is 0.637. The Morgan fingerprint density at radius 3 is 1.57 bits per heavy atom. The highest BCUT2D eigenvalue weighted by molar-refractivity contribution is 6.25. The lowest BCUT2D eigenvalue weighted by atomic mass is 10.0. The van der Waals surface area contributed by atoms with Gasteiger partial charge in [-0.15, -0.1) is 0 Å². The van der Waals surface area contributed by atoms with Gasteiger partial charge in [0.1, 0.15) is 0 Å². The first-order valence-corrected chi connectivity index (χ1v) is 18.9. The molecule has 5 heteroatoms. The van der Waals surface area contributed by atoms with Crippen molar-refractivity contribution in [2.24, 2.45) is 0 Å². The third-order valence-corrected chi connectivity index (χ3v) is 10.8. The van der Waals surface area contributed by atoms with E-state index in [0.717, 1.165) is 39.2 Å². The molecule has 0 N–H and O–H groups in total. The molecular weight excluding hydrogens is 683 g/mol. The Kier molecular flexibility index (Phi) is 7.42. The molecule has 3 heterocycles. The van der Waals surface area contributed by atoms with Crippen molar-refractivity contribution in [1.82, 2.24) is 24.1 Å². The van der Waals surface area contributed by atoms with E-state index in [9.17, 15) is 0 Å². The largest absolute Gasteiger partial charge is 0.317 e. The fourth-order valence-corrected chi connectivity index (χ4v) is 8.19. The smallest absolute Gasteiger partial charge is 0.164 e. The van der Waals surface area contributed by atoms with Crippen LogP contribution in [-0.2, 0) is 0 Å². The standard InChI is InChI=1S/C51H33N5/c1-4-14-34(15-5-1)49-52-50(35-16-6-2-7-17-35)54-51(53-49)38-20-12-18-36(32-38)37-19-13-23-40(33-37)56-46-25-11-10-24-44(46)48-43-27-28-45-42(41(43)26-29-47(48)56)30-31-55(45)39-21-8-3-9-22-39/h1-33H. The monoisotopic (exact) mass is 715 g/mol. The summed E-state index contributed by atoms with van der Waals surface area (Å²) in [5.41, 5.74) is 10.8. The van der Waals surface area contributed by atoms with Crippen molar-refractivity contribution in [1.29, 1.82) is 0 Å². The molecule has 262 valence electrons. The van der Waals surface area contributed by atoms with E-state index < -0.39 is 0 Å². The first-order valence-electron chi connectivity index (χ1n) is 18.9. The van der Waals surface area contributed by atoms with Crippen LogP contribution >= 0.6 is 0 Å². The van der Waals surface area contributed by atoms with E-state index in [1.54, 1.807) is 0 Å². The summed E-state index contributed by atoms with van der Waals surface area (Å²) in [7, 11) is 0. The number of para-hydroxylation sites is 2. The Bertz CT molecular complexity index is 3180. The van der Waals surface area contributed by atoms with Crippen LogP contribution in [0.1, 0.15) is 0 Å². The first-order chi connectivity index (χ1) is 27.8. The number of aromatic nitrogens is 5. The van der Waals surface area contributed by atoms with Gasteiger partial charge in [0.15, 0.2) is 17.5 Å². The zero-order valence-electron chi connectivity index (χ0n) is 30.3. The van der Waals surface area contributed by atoms with Crippen LogP contribution in [0.5, 0.6) is 0 Å². The van der Waals surface area contributed by atoms with E-state index in [0.29, 0.717) is 17.5 Å². The van der Waals surface area contributed by atoms with Gasteiger partial charge >= 0.3 is 0 Å². The van der Waals surface area contributed by atoms with Crippen molar-refractivity contribution in [3.8, 4) is 56.7 Å². The maximum atomic E-state index is 4.99. The van der Waals surface area contributed by atoms with Crippen molar-refractivity contribution in [2.75, 3.05) is 0 Å². The molecule has 56 heavy (non-hydrogen) atoms. The molecule has 0 aliphatic heterocycles. The molecule has 0 radical (unpaired) electrons. The fraction of sp³-hybridized carbons (Fsp3) is 0. The summed E-state index contributed by atoms with van der Waals surface area (Å²) in [5.74, 6) is 1.93. The lowest BCUT2D eigenvalue weighted by Crippen LogP contribution is -2.00. The number of benzene rings is 8. The van der Waals surface area contributed by atoms with Gasteiger partial charge in [-0.05, 0) is 76.5 Å². The summed E-state index contributed by atoms with van der Waals surface area (Å²) >= 11 is 0. The summed E-state index contributed by atoms with van der Waals surface area (Å²) in [6.45, 7) is 0. The van der Waals surface area contributed by atoms with Gasteiger partial charge in [0.05, 0.1) is 16.6 Å². The third-order valence-electron chi connectivity index (χ3n) is 10.8. The molecule has 0 saturated carbocycles. The number of fused-ring (bicyclic) bond motifs is 7. The van der Waals surface area contributed by atoms with Gasteiger partial charge in [0, 0.05) is 50.4 Å². The minimum Gasteiger partial charge on any atom is -0.317 e. The Morgan fingerprint density at radius 2 is 0.839 bits per heavy atom. The highest BCUT2D eigenvalue weighted by Gasteiger charge is 2.18. The molecule has 11 aromatic rings. The van der Waals surface area contributed by atoms with Gasteiger partial charge in [-0.25, -0.2) is 15.0 Å². The predicted octanol–water partition coefficient (Wildman–Crippen LogP) is 12.7. The zero-order valence-corrected chi connectivity index (χ0v) is 30.3. The number of nitrogens with zero attached hydrogens (tertiary/aromatic N) is 5. The molecule has 0 spiro atoms. The average Bonchev–Trinajstić information content (AvgIpc) is 3.87. The van der Waals surface area contributed by atoms with E-state index >= 15 is 0 Å². The third kappa shape index (κ3) is 5.29. The summed E-state index contributed by atoms with van der Waals surface area (Å²) in [4.78, 5) is 14.9.